The minimum Gasteiger partial charge on any atom is -0.461 e. The number of carbonyl (C=O) groups is 3. The van der Waals surface area contributed by atoms with E-state index < -0.39 is 41.6 Å². The van der Waals surface area contributed by atoms with Crippen molar-refractivity contribution in [3.8, 4) is 0 Å². The second-order valence-corrected chi connectivity index (χ2v) is 9.36. The van der Waals surface area contributed by atoms with Crippen molar-refractivity contribution in [2.24, 2.45) is 11.8 Å². The SMILES string of the molecule is C[C@H](CO)N1C(=O)[C@@H]2[C@@H]3C(=O)OCC=C[C@@H]3O[C@@]23C=CCN(C2CCCCC2)C(=O)C13. The van der Waals surface area contributed by atoms with Crippen LogP contribution in [-0.2, 0) is 23.9 Å². The minimum absolute atomic E-state index is 0.137. The average Bonchev–Trinajstić information content (AvgIpc) is 3.09. The van der Waals surface area contributed by atoms with Gasteiger partial charge in [-0.1, -0.05) is 37.5 Å². The number of ether oxygens (including phenoxy) is 2. The van der Waals surface area contributed by atoms with Crippen LogP contribution in [0.3, 0.4) is 0 Å². The molecule has 0 aromatic rings. The summed E-state index contributed by atoms with van der Waals surface area (Å²) >= 11 is 0. The predicted molar refractivity (Wildman–Crippen MR) is 110 cm³/mol. The lowest BCUT2D eigenvalue weighted by molar-refractivity contribution is -0.155. The molecule has 8 heteroatoms. The molecule has 5 rings (SSSR count). The van der Waals surface area contributed by atoms with Crippen LogP contribution in [0.5, 0.6) is 0 Å². The summed E-state index contributed by atoms with van der Waals surface area (Å²) < 4.78 is 11.7. The molecule has 4 heterocycles. The molecule has 8 nitrogen and oxygen atoms in total. The van der Waals surface area contributed by atoms with E-state index in [1.54, 1.807) is 19.1 Å². The van der Waals surface area contributed by atoms with E-state index in [0.29, 0.717) is 6.54 Å². The fourth-order valence-corrected chi connectivity index (χ4v) is 6.21. The number of carbonyl (C=O) groups excluding carboxylic acids is 3. The van der Waals surface area contributed by atoms with Gasteiger partial charge in [-0.3, -0.25) is 14.4 Å². The van der Waals surface area contributed by atoms with Crippen molar-refractivity contribution < 1.29 is 29.0 Å². The first-order valence-electron chi connectivity index (χ1n) is 11.4. The van der Waals surface area contributed by atoms with Gasteiger partial charge in [-0.15, -0.1) is 0 Å². The summed E-state index contributed by atoms with van der Waals surface area (Å²) in [5.74, 6) is -2.60. The van der Waals surface area contributed by atoms with E-state index in [0.717, 1.165) is 25.7 Å². The smallest absolute Gasteiger partial charge is 0.313 e. The van der Waals surface area contributed by atoms with E-state index >= 15 is 0 Å². The number of rotatable bonds is 3. The van der Waals surface area contributed by atoms with E-state index in [1.165, 1.54) is 11.3 Å². The zero-order chi connectivity index (χ0) is 21.8. The van der Waals surface area contributed by atoms with Gasteiger partial charge in [0.25, 0.3) is 0 Å². The van der Waals surface area contributed by atoms with Gasteiger partial charge in [0.15, 0.2) is 0 Å². The number of fused-ring (bicyclic) bond motifs is 2. The lowest BCUT2D eigenvalue weighted by Crippen LogP contribution is -2.59. The normalized spacial score (nSPS) is 39.0. The average molecular weight is 431 g/mol. The number of hydrogen-bond acceptors (Lipinski definition) is 6. The van der Waals surface area contributed by atoms with Crippen molar-refractivity contribution in [2.75, 3.05) is 19.8 Å². The molecule has 5 aliphatic rings. The number of hydrogen-bond donors (Lipinski definition) is 1. The molecule has 3 fully saturated rings. The van der Waals surface area contributed by atoms with Crippen LogP contribution in [0.1, 0.15) is 39.0 Å². The number of likely N-dealkylation sites (tertiary alicyclic amines) is 1. The summed E-state index contributed by atoms with van der Waals surface area (Å²) in [6.45, 7) is 2.06. The molecule has 0 bridgehead atoms. The fraction of sp³-hybridized carbons (Fsp3) is 0.696. The minimum atomic E-state index is -1.24. The van der Waals surface area contributed by atoms with Crippen LogP contribution in [0.4, 0.5) is 0 Å². The van der Waals surface area contributed by atoms with E-state index in [9.17, 15) is 19.5 Å². The molecule has 6 atom stereocenters. The highest BCUT2D eigenvalue weighted by molar-refractivity contribution is 5.99. The third-order valence-corrected chi connectivity index (χ3v) is 7.64. The van der Waals surface area contributed by atoms with Gasteiger partial charge in [-0.05, 0) is 25.8 Å². The van der Waals surface area contributed by atoms with Crippen molar-refractivity contribution >= 4 is 17.8 Å². The van der Waals surface area contributed by atoms with Crippen LogP contribution in [0.25, 0.3) is 0 Å². The number of aliphatic hydroxyl groups excluding tert-OH is 1. The Kier molecular flexibility index (Phi) is 5.17. The summed E-state index contributed by atoms with van der Waals surface area (Å²) in [6, 6.07) is -1.33. The lowest BCUT2D eigenvalue weighted by Gasteiger charge is -2.40. The Bertz CT molecular complexity index is 834. The van der Waals surface area contributed by atoms with Gasteiger partial charge in [0.2, 0.25) is 11.8 Å². The van der Waals surface area contributed by atoms with Gasteiger partial charge in [0, 0.05) is 12.6 Å². The lowest BCUT2D eigenvalue weighted by atomic mass is 9.78. The van der Waals surface area contributed by atoms with Gasteiger partial charge >= 0.3 is 5.97 Å². The number of aliphatic hydroxyl groups is 1. The highest BCUT2D eigenvalue weighted by atomic mass is 16.6. The molecular weight excluding hydrogens is 400 g/mol. The summed E-state index contributed by atoms with van der Waals surface area (Å²) in [7, 11) is 0. The highest BCUT2D eigenvalue weighted by Gasteiger charge is 2.72. The zero-order valence-corrected chi connectivity index (χ0v) is 17.8. The Balaban J connectivity index is 1.60. The standard InChI is InChI=1S/C23H30N2O6/c1-14(13-26)25-19-21(28)24(15-7-3-2-4-8-15)11-6-10-23(19)18(20(25)27)17-16(31-23)9-5-12-30-22(17)29/h5-6,9-10,14-19,26H,2-4,7-8,11-13H2,1H3/t14-,16+,17-,18+,19?,23+/m1/s1. The van der Waals surface area contributed by atoms with Crippen LogP contribution in [0.2, 0.25) is 0 Å². The molecule has 1 saturated carbocycles. The largest absolute Gasteiger partial charge is 0.461 e. The molecule has 0 aromatic heterocycles. The van der Waals surface area contributed by atoms with Crippen molar-refractivity contribution in [1.82, 2.24) is 9.80 Å². The predicted octanol–water partition coefficient (Wildman–Crippen LogP) is 0.792. The maximum Gasteiger partial charge on any atom is 0.313 e. The number of esters is 1. The van der Waals surface area contributed by atoms with Gasteiger partial charge in [0.05, 0.1) is 24.7 Å². The van der Waals surface area contributed by atoms with E-state index in [-0.39, 0.29) is 31.1 Å². The molecular formula is C23H30N2O6. The third kappa shape index (κ3) is 2.98. The van der Waals surface area contributed by atoms with Crippen molar-refractivity contribution in [1.29, 1.82) is 0 Å². The zero-order valence-electron chi connectivity index (χ0n) is 17.8. The third-order valence-electron chi connectivity index (χ3n) is 7.64. The Morgan fingerprint density at radius 1 is 1.16 bits per heavy atom. The maximum absolute atomic E-state index is 14.0. The Labute approximate surface area is 181 Å². The van der Waals surface area contributed by atoms with Crippen LogP contribution in [0, 0.1) is 11.8 Å². The summed E-state index contributed by atoms with van der Waals surface area (Å²) in [6.07, 6.45) is 11.9. The van der Waals surface area contributed by atoms with Gasteiger partial charge in [-0.25, -0.2) is 0 Å². The fourth-order valence-electron chi connectivity index (χ4n) is 6.21. The van der Waals surface area contributed by atoms with Crippen LogP contribution >= 0.6 is 0 Å². The second kappa shape index (κ2) is 7.74. The molecule has 0 aromatic carbocycles. The molecule has 2 saturated heterocycles. The van der Waals surface area contributed by atoms with Crippen LogP contribution in [-0.4, -0.2) is 82.3 Å². The first-order chi connectivity index (χ1) is 15.0. The topological polar surface area (TPSA) is 96.4 Å². The van der Waals surface area contributed by atoms with Gasteiger partial charge in [-0.2, -0.15) is 0 Å². The van der Waals surface area contributed by atoms with Crippen LogP contribution in [0.15, 0.2) is 24.3 Å². The van der Waals surface area contributed by atoms with E-state index in [2.05, 4.69) is 0 Å². The quantitative estimate of drug-likeness (QED) is 0.525. The molecule has 1 spiro atoms. The number of nitrogens with zero attached hydrogens (tertiary/aromatic N) is 2. The summed E-state index contributed by atoms with van der Waals surface area (Å²) in [4.78, 5) is 43.8. The summed E-state index contributed by atoms with van der Waals surface area (Å²) in [5.41, 5.74) is -1.24. The first kappa shape index (κ1) is 20.7. The molecule has 1 unspecified atom stereocenters. The van der Waals surface area contributed by atoms with Gasteiger partial charge < -0.3 is 24.4 Å². The van der Waals surface area contributed by atoms with Crippen molar-refractivity contribution in [2.45, 2.75) is 68.9 Å². The summed E-state index contributed by atoms with van der Waals surface area (Å²) in [5, 5.41) is 9.88. The van der Waals surface area contributed by atoms with Gasteiger partial charge in [0.1, 0.15) is 24.2 Å². The Morgan fingerprint density at radius 3 is 2.68 bits per heavy atom. The van der Waals surface area contributed by atoms with E-state index in [4.69, 9.17) is 9.47 Å². The number of cyclic esters (lactones) is 1. The molecule has 0 radical (unpaired) electrons. The molecule has 2 amide bonds. The Morgan fingerprint density at radius 2 is 1.94 bits per heavy atom. The van der Waals surface area contributed by atoms with Crippen molar-refractivity contribution in [3.05, 3.63) is 24.3 Å². The van der Waals surface area contributed by atoms with Crippen LogP contribution < -0.4 is 0 Å². The molecule has 1 N–H and O–H groups in total. The monoisotopic (exact) mass is 430 g/mol. The Hall–Kier alpha value is -2.19. The van der Waals surface area contributed by atoms with E-state index in [1.807, 2.05) is 17.1 Å². The highest BCUT2D eigenvalue weighted by Crippen LogP contribution is 2.53. The first-order valence-corrected chi connectivity index (χ1v) is 11.4. The molecule has 1 aliphatic carbocycles. The number of amides is 2. The maximum atomic E-state index is 14.0. The molecule has 168 valence electrons. The molecule has 4 aliphatic heterocycles. The second-order valence-electron chi connectivity index (χ2n) is 9.36. The van der Waals surface area contributed by atoms with Crippen molar-refractivity contribution in [3.63, 3.8) is 0 Å². The molecule has 31 heavy (non-hydrogen) atoms.